The van der Waals surface area contributed by atoms with Crippen LogP contribution in [0.25, 0.3) is 0 Å². The van der Waals surface area contributed by atoms with Crippen molar-refractivity contribution in [3.63, 3.8) is 0 Å². The number of nitrogens with zero attached hydrogens (tertiary/aromatic N) is 2. The van der Waals surface area contributed by atoms with E-state index in [0.29, 0.717) is 6.54 Å². The third kappa shape index (κ3) is 3.88. The van der Waals surface area contributed by atoms with Crippen LogP contribution in [-0.4, -0.2) is 34.6 Å². The number of benzene rings is 1. The molecule has 21 heavy (non-hydrogen) atoms. The highest BCUT2D eigenvalue weighted by Crippen LogP contribution is 2.13. The molecule has 1 aromatic heterocycles. The largest absolute Gasteiger partial charge is 0.384 e. The van der Waals surface area contributed by atoms with E-state index in [0.717, 1.165) is 11.8 Å². The number of hydrogen-bond donors (Lipinski definition) is 1. The summed E-state index contributed by atoms with van der Waals surface area (Å²) in [7, 11) is 1.64. The number of aliphatic hydroxyl groups is 1. The van der Waals surface area contributed by atoms with E-state index in [4.69, 9.17) is 5.11 Å². The van der Waals surface area contributed by atoms with Gasteiger partial charge in [0.1, 0.15) is 12.4 Å². The van der Waals surface area contributed by atoms with Crippen molar-refractivity contribution in [2.45, 2.75) is 6.54 Å². The summed E-state index contributed by atoms with van der Waals surface area (Å²) in [6, 6.07) is 4.10. The van der Waals surface area contributed by atoms with Crippen LogP contribution < -0.4 is 0 Å². The Kier molecular flexibility index (Phi) is 5.04. The van der Waals surface area contributed by atoms with Crippen LogP contribution in [0.2, 0.25) is 0 Å². The van der Waals surface area contributed by atoms with Gasteiger partial charge in [0.2, 0.25) is 0 Å². The van der Waals surface area contributed by atoms with Crippen LogP contribution in [-0.2, 0) is 6.54 Å². The first-order chi connectivity index (χ1) is 10.1. The first-order valence-corrected chi connectivity index (χ1v) is 7.08. The van der Waals surface area contributed by atoms with Crippen LogP contribution >= 0.6 is 11.3 Å². The predicted molar refractivity (Wildman–Crippen MR) is 78.3 cm³/mol. The maximum absolute atomic E-state index is 13.8. The molecule has 0 radical (unpaired) electrons. The van der Waals surface area contributed by atoms with Crippen molar-refractivity contribution in [2.75, 3.05) is 13.7 Å². The predicted octanol–water partition coefficient (Wildman–Crippen LogP) is 1.90. The molecule has 0 aliphatic rings. The molecule has 0 aliphatic heterocycles. The maximum atomic E-state index is 13.8. The first kappa shape index (κ1) is 15.2. The molecular weight excluding hydrogens is 291 g/mol. The summed E-state index contributed by atoms with van der Waals surface area (Å²) in [6.45, 7) is 0.0342. The minimum absolute atomic E-state index is 0.155. The topological polar surface area (TPSA) is 53.4 Å². The van der Waals surface area contributed by atoms with Gasteiger partial charge in [-0.15, -0.1) is 11.3 Å². The standard InChI is InChI=1S/C15H13FN2O2S/c1-18(8-13-9-21-10-17-13)15(20)12-5-4-11(3-2-6-19)14(16)7-12/h4-5,7,9-10,19H,6,8H2,1H3. The Hall–Kier alpha value is -2.23. The van der Waals surface area contributed by atoms with Crippen molar-refractivity contribution in [2.24, 2.45) is 0 Å². The van der Waals surface area contributed by atoms with Crippen molar-refractivity contribution < 1.29 is 14.3 Å². The van der Waals surface area contributed by atoms with Gasteiger partial charge in [-0.25, -0.2) is 9.37 Å². The number of rotatable bonds is 3. The first-order valence-electron chi connectivity index (χ1n) is 6.13. The summed E-state index contributed by atoms with van der Waals surface area (Å²) in [6.07, 6.45) is 0. The van der Waals surface area contributed by atoms with Gasteiger partial charge in [0.15, 0.2) is 0 Å². The second-order valence-corrected chi connectivity index (χ2v) is 5.01. The highest BCUT2D eigenvalue weighted by Gasteiger charge is 2.14. The number of hydrogen-bond acceptors (Lipinski definition) is 4. The number of aromatic nitrogens is 1. The van der Waals surface area contributed by atoms with Crippen LogP contribution in [0.4, 0.5) is 4.39 Å². The Bertz CT molecular complexity index is 689. The zero-order valence-corrected chi connectivity index (χ0v) is 12.2. The van der Waals surface area contributed by atoms with Gasteiger partial charge in [-0.05, 0) is 18.2 Å². The zero-order chi connectivity index (χ0) is 15.2. The molecule has 108 valence electrons. The van der Waals surface area contributed by atoms with E-state index in [2.05, 4.69) is 16.8 Å². The lowest BCUT2D eigenvalue weighted by atomic mass is 10.1. The van der Waals surface area contributed by atoms with Gasteiger partial charge >= 0.3 is 0 Å². The molecule has 1 N–H and O–H groups in total. The van der Waals surface area contributed by atoms with Gasteiger partial charge in [0, 0.05) is 18.0 Å². The summed E-state index contributed by atoms with van der Waals surface area (Å²) in [4.78, 5) is 17.8. The molecule has 2 aromatic rings. The third-order valence-electron chi connectivity index (χ3n) is 2.75. The van der Waals surface area contributed by atoms with Crippen LogP contribution in [0.3, 0.4) is 0 Å². The highest BCUT2D eigenvalue weighted by molar-refractivity contribution is 7.07. The number of halogens is 1. The average molecular weight is 304 g/mol. The lowest BCUT2D eigenvalue weighted by molar-refractivity contribution is 0.0783. The van der Waals surface area contributed by atoms with Crippen LogP contribution in [0.5, 0.6) is 0 Å². The van der Waals surface area contributed by atoms with Crippen molar-refractivity contribution in [1.29, 1.82) is 0 Å². The minimum atomic E-state index is -0.580. The van der Waals surface area contributed by atoms with E-state index >= 15 is 0 Å². The zero-order valence-electron chi connectivity index (χ0n) is 11.3. The molecule has 1 amide bonds. The summed E-state index contributed by atoms with van der Waals surface area (Å²) in [5, 5.41) is 10.5. The molecule has 0 bridgehead atoms. The Labute approximate surface area is 125 Å². The number of thiazole rings is 1. The molecule has 0 fully saturated rings. The SMILES string of the molecule is CN(Cc1cscn1)C(=O)c1ccc(C#CCO)c(F)c1. The summed E-state index contributed by atoms with van der Waals surface area (Å²) >= 11 is 1.46. The molecule has 0 unspecified atom stereocenters. The van der Waals surface area contributed by atoms with Crippen molar-refractivity contribution in [1.82, 2.24) is 9.88 Å². The lowest BCUT2D eigenvalue weighted by Crippen LogP contribution is -2.26. The fraction of sp³-hybridized carbons (Fsp3) is 0.200. The van der Waals surface area contributed by atoms with Crippen molar-refractivity contribution in [3.05, 3.63) is 51.7 Å². The summed E-state index contributed by atoms with van der Waals surface area (Å²) in [5.41, 5.74) is 2.89. The molecule has 2 rings (SSSR count). The molecule has 0 atom stereocenters. The fourth-order valence-corrected chi connectivity index (χ4v) is 2.28. The Morgan fingerprint density at radius 3 is 2.95 bits per heavy atom. The van der Waals surface area contributed by atoms with Gasteiger partial charge in [-0.1, -0.05) is 11.8 Å². The molecule has 6 heteroatoms. The number of carbonyl (C=O) groups excluding carboxylic acids is 1. The van der Waals surface area contributed by atoms with Crippen LogP contribution in [0.1, 0.15) is 21.6 Å². The molecular formula is C15H13FN2O2S. The third-order valence-corrected chi connectivity index (χ3v) is 3.38. The van der Waals surface area contributed by atoms with E-state index in [9.17, 15) is 9.18 Å². The fourth-order valence-electron chi connectivity index (χ4n) is 1.74. The quantitative estimate of drug-likeness (QED) is 0.881. The lowest BCUT2D eigenvalue weighted by Gasteiger charge is -2.16. The molecule has 0 saturated heterocycles. The molecule has 0 saturated carbocycles. The Morgan fingerprint density at radius 2 is 2.33 bits per heavy atom. The Balaban J connectivity index is 2.14. The monoisotopic (exact) mass is 304 g/mol. The molecule has 1 heterocycles. The van der Waals surface area contributed by atoms with Gasteiger partial charge < -0.3 is 10.0 Å². The smallest absolute Gasteiger partial charge is 0.254 e. The second kappa shape index (κ2) is 6.97. The summed E-state index contributed by atoms with van der Waals surface area (Å²) < 4.78 is 13.8. The van der Waals surface area contributed by atoms with E-state index < -0.39 is 5.82 Å². The second-order valence-electron chi connectivity index (χ2n) is 4.30. The van der Waals surface area contributed by atoms with E-state index in [-0.39, 0.29) is 23.6 Å². The van der Waals surface area contributed by atoms with Gasteiger partial charge in [-0.2, -0.15) is 0 Å². The number of carbonyl (C=O) groups is 1. The highest BCUT2D eigenvalue weighted by atomic mass is 32.1. The average Bonchev–Trinajstić information content (AvgIpc) is 2.98. The van der Waals surface area contributed by atoms with E-state index in [1.165, 1.54) is 28.4 Å². The van der Waals surface area contributed by atoms with Gasteiger partial charge in [0.05, 0.1) is 23.3 Å². The number of amides is 1. The molecule has 0 aliphatic carbocycles. The van der Waals surface area contributed by atoms with Crippen LogP contribution in [0.15, 0.2) is 29.1 Å². The van der Waals surface area contributed by atoms with Crippen molar-refractivity contribution >= 4 is 17.2 Å². The summed E-state index contributed by atoms with van der Waals surface area (Å²) in [5.74, 6) is 3.99. The van der Waals surface area contributed by atoms with Crippen molar-refractivity contribution in [3.8, 4) is 11.8 Å². The molecule has 1 aromatic carbocycles. The van der Waals surface area contributed by atoms with Crippen LogP contribution in [0, 0.1) is 17.7 Å². The van der Waals surface area contributed by atoms with E-state index in [1.54, 1.807) is 12.6 Å². The molecule has 4 nitrogen and oxygen atoms in total. The van der Waals surface area contributed by atoms with Gasteiger partial charge in [-0.3, -0.25) is 4.79 Å². The van der Waals surface area contributed by atoms with Gasteiger partial charge in [0.25, 0.3) is 5.91 Å². The minimum Gasteiger partial charge on any atom is -0.384 e. The maximum Gasteiger partial charge on any atom is 0.254 e. The molecule has 0 spiro atoms. The number of aliphatic hydroxyl groups excluding tert-OH is 1. The normalized spacial score (nSPS) is 9.86. The van der Waals surface area contributed by atoms with E-state index in [1.807, 2.05) is 5.38 Å². The Morgan fingerprint density at radius 1 is 1.52 bits per heavy atom.